The lowest BCUT2D eigenvalue weighted by molar-refractivity contribution is -0.137. The number of aliphatic carboxylic acids is 1. The summed E-state index contributed by atoms with van der Waals surface area (Å²) >= 11 is 0. The summed E-state index contributed by atoms with van der Waals surface area (Å²) in [5, 5.41) is 20.2. The molecule has 106 valence electrons. The zero-order valence-corrected chi connectivity index (χ0v) is 11.1. The van der Waals surface area contributed by atoms with Gasteiger partial charge in [-0.3, -0.25) is 4.79 Å². The van der Waals surface area contributed by atoms with E-state index in [1.807, 2.05) is 6.92 Å². The van der Waals surface area contributed by atoms with Crippen LogP contribution in [-0.4, -0.2) is 38.5 Å². The molecule has 0 aliphatic heterocycles. The van der Waals surface area contributed by atoms with Crippen LogP contribution in [0, 0.1) is 5.92 Å². The van der Waals surface area contributed by atoms with Gasteiger partial charge in [0.15, 0.2) is 0 Å². The first-order valence-electron chi connectivity index (χ1n) is 6.01. The SMILES string of the molecule is COc1ccc(-c2noc(CC(C)CC(=O)O)n2)nn1. The Bertz CT molecular complexity index is 581. The molecule has 8 nitrogen and oxygen atoms in total. The highest BCUT2D eigenvalue weighted by molar-refractivity contribution is 5.66. The van der Waals surface area contributed by atoms with Gasteiger partial charge in [0.1, 0.15) is 5.69 Å². The van der Waals surface area contributed by atoms with Gasteiger partial charge in [-0.15, -0.1) is 10.2 Å². The van der Waals surface area contributed by atoms with Crippen molar-refractivity contribution in [3.8, 4) is 17.4 Å². The number of hydrogen-bond donors (Lipinski definition) is 1. The number of rotatable bonds is 6. The van der Waals surface area contributed by atoms with Crippen molar-refractivity contribution >= 4 is 5.97 Å². The van der Waals surface area contributed by atoms with Gasteiger partial charge in [0, 0.05) is 18.9 Å². The van der Waals surface area contributed by atoms with Crippen LogP contribution in [0.1, 0.15) is 19.2 Å². The van der Waals surface area contributed by atoms with E-state index in [1.54, 1.807) is 12.1 Å². The lowest BCUT2D eigenvalue weighted by Crippen LogP contribution is -2.07. The topological polar surface area (TPSA) is 111 Å². The Morgan fingerprint density at radius 1 is 1.45 bits per heavy atom. The lowest BCUT2D eigenvalue weighted by Gasteiger charge is -2.03. The number of ether oxygens (including phenoxy) is 1. The fourth-order valence-electron chi connectivity index (χ4n) is 1.66. The van der Waals surface area contributed by atoms with Crippen LogP contribution >= 0.6 is 0 Å². The van der Waals surface area contributed by atoms with E-state index >= 15 is 0 Å². The van der Waals surface area contributed by atoms with Gasteiger partial charge in [0.05, 0.1) is 7.11 Å². The molecular formula is C12H14N4O4. The van der Waals surface area contributed by atoms with E-state index in [0.29, 0.717) is 29.7 Å². The summed E-state index contributed by atoms with van der Waals surface area (Å²) in [5.41, 5.74) is 0.465. The maximum Gasteiger partial charge on any atom is 0.303 e. The third-order valence-electron chi connectivity index (χ3n) is 2.59. The van der Waals surface area contributed by atoms with Crippen molar-refractivity contribution < 1.29 is 19.2 Å². The van der Waals surface area contributed by atoms with Crippen molar-refractivity contribution in [1.29, 1.82) is 0 Å². The second-order valence-electron chi connectivity index (χ2n) is 4.38. The van der Waals surface area contributed by atoms with Crippen LogP contribution < -0.4 is 4.74 Å². The quantitative estimate of drug-likeness (QED) is 0.838. The fraction of sp³-hybridized carbons (Fsp3) is 0.417. The second-order valence-corrected chi connectivity index (χ2v) is 4.38. The molecule has 2 rings (SSSR count). The Labute approximate surface area is 114 Å². The first kappa shape index (κ1) is 13.9. The molecule has 2 aromatic heterocycles. The minimum absolute atomic E-state index is 0.0556. The molecule has 8 heteroatoms. The average molecular weight is 278 g/mol. The van der Waals surface area contributed by atoms with Crippen molar-refractivity contribution in [2.24, 2.45) is 5.92 Å². The molecule has 0 saturated heterocycles. The van der Waals surface area contributed by atoms with Crippen molar-refractivity contribution in [2.45, 2.75) is 19.8 Å². The molecule has 0 aliphatic carbocycles. The van der Waals surface area contributed by atoms with Gasteiger partial charge >= 0.3 is 5.97 Å². The smallest absolute Gasteiger partial charge is 0.303 e. The summed E-state index contributed by atoms with van der Waals surface area (Å²) in [7, 11) is 1.50. The van der Waals surface area contributed by atoms with E-state index in [4.69, 9.17) is 14.4 Å². The Morgan fingerprint density at radius 2 is 2.25 bits per heavy atom. The van der Waals surface area contributed by atoms with Gasteiger partial charge < -0.3 is 14.4 Å². The fourth-order valence-corrected chi connectivity index (χ4v) is 1.66. The van der Waals surface area contributed by atoms with Crippen LogP contribution in [0.5, 0.6) is 5.88 Å². The molecule has 2 aromatic rings. The van der Waals surface area contributed by atoms with Crippen molar-refractivity contribution in [3.63, 3.8) is 0 Å². The molecule has 0 fully saturated rings. The number of nitrogens with zero attached hydrogens (tertiary/aromatic N) is 4. The second kappa shape index (κ2) is 6.09. The van der Waals surface area contributed by atoms with Gasteiger partial charge in [0.25, 0.3) is 0 Å². The summed E-state index contributed by atoms with van der Waals surface area (Å²) < 4.78 is 9.98. The van der Waals surface area contributed by atoms with Crippen LogP contribution in [0.15, 0.2) is 16.7 Å². The summed E-state index contributed by atoms with van der Waals surface area (Å²) in [6, 6.07) is 3.31. The first-order valence-corrected chi connectivity index (χ1v) is 6.01. The van der Waals surface area contributed by atoms with Crippen molar-refractivity contribution in [3.05, 3.63) is 18.0 Å². The van der Waals surface area contributed by atoms with Gasteiger partial charge in [-0.05, 0) is 12.0 Å². The predicted octanol–water partition coefficient (Wildman–Crippen LogP) is 1.19. The van der Waals surface area contributed by atoms with E-state index in [9.17, 15) is 4.79 Å². The Kier molecular flexibility index (Phi) is 4.24. The molecule has 0 bridgehead atoms. The summed E-state index contributed by atoms with van der Waals surface area (Å²) in [5.74, 6) is 0.164. The van der Waals surface area contributed by atoms with Gasteiger partial charge in [0.2, 0.25) is 17.6 Å². The van der Waals surface area contributed by atoms with E-state index < -0.39 is 5.97 Å². The predicted molar refractivity (Wildman–Crippen MR) is 67.0 cm³/mol. The minimum atomic E-state index is -0.849. The third-order valence-corrected chi connectivity index (χ3v) is 2.59. The zero-order chi connectivity index (χ0) is 14.5. The number of methoxy groups -OCH3 is 1. The van der Waals surface area contributed by atoms with E-state index in [0.717, 1.165) is 0 Å². The van der Waals surface area contributed by atoms with E-state index in [1.165, 1.54) is 7.11 Å². The largest absolute Gasteiger partial charge is 0.481 e. The normalized spacial score (nSPS) is 12.1. The molecule has 0 spiro atoms. The summed E-state index contributed by atoms with van der Waals surface area (Å²) in [6.07, 6.45) is 0.461. The molecule has 2 heterocycles. The minimum Gasteiger partial charge on any atom is -0.481 e. The highest BCUT2D eigenvalue weighted by Gasteiger charge is 2.15. The molecule has 1 unspecified atom stereocenters. The highest BCUT2D eigenvalue weighted by atomic mass is 16.5. The monoisotopic (exact) mass is 278 g/mol. The molecule has 1 N–H and O–H groups in total. The number of aromatic nitrogens is 4. The van der Waals surface area contributed by atoms with Gasteiger partial charge in [-0.2, -0.15) is 4.98 Å². The van der Waals surface area contributed by atoms with Gasteiger partial charge in [-0.1, -0.05) is 12.1 Å². The Morgan fingerprint density at radius 3 is 2.85 bits per heavy atom. The van der Waals surface area contributed by atoms with Crippen LogP contribution in [-0.2, 0) is 11.2 Å². The van der Waals surface area contributed by atoms with Crippen molar-refractivity contribution in [2.75, 3.05) is 7.11 Å². The van der Waals surface area contributed by atoms with E-state index in [2.05, 4.69) is 20.3 Å². The van der Waals surface area contributed by atoms with Gasteiger partial charge in [-0.25, -0.2) is 0 Å². The van der Waals surface area contributed by atoms with Crippen LogP contribution in [0.2, 0.25) is 0 Å². The molecule has 1 atom stereocenters. The molecule has 0 radical (unpaired) electrons. The third kappa shape index (κ3) is 3.50. The molecule has 20 heavy (non-hydrogen) atoms. The molecular weight excluding hydrogens is 264 g/mol. The average Bonchev–Trinajstić information content (AvgIpc) is 2.86. The Hall–Kier alpha value is -2.51. The maximum absolute atomic E-state index is 10.6. The number of carboxylic acids is 1. The molecule has 0 aromatic carbocycles. The Balaban J connectivity index is 2.06. The maximum atomic E-state index is 10.6. The zero-order valence-electron chi connectivity index (χ0n) is 11.1. The summed E-state index contributed by atoms with van der Waals surface area (Å²) in [4.78, 5) is 14.8. The molecule has 0 aliphatic rings. The van der Waals surface area contributed by atoms with E-state index in [-0.39, 0.29) is 12.3 Å². The van der Waals surface area contributed by atoms with Crippen LogP contribution in [0.25, 0.3) is 11.5 Å². The van der Waals surface area contributed by atoms with Crippen LogP contribution in [0.4, 0.5) is 0 Å². The highest BCUT2D eigenvalue weighted by Crippen LogP contribution is 2.16. The molecule has 0 amide bonds. The number of hydrogen-bond acceptors (Lipinski definition) is 7. The lowest BCUT2D eigenvalue weighted by atomic mass is 10.0. The standard InChI is InChI=1S/C12H14N4O4/c1-7(6-11(17)18)5-10-13-12(16-20-10)8-3-4-9(19-2)15-14-8/h3-4,7H,5-6H2,1-2H3,(H,17,18). The molecule has 0 saturated carbocycles. The van der Waals surface area contributed by atoms with Crippen LogP contribution in [0.3, 0.4) is 0 Å². The summed E-state index contributed by atoms with van der Waals surface area (Å²) in [6.45, 7) is 1.81. The first-order chi connectivity index (χ1) is 9.58. The number of carboxylic acid groups (broad SMARTS) is 1. The number of carbonyl (C=O) groups is 1. The van der Waals surface area contributed by atoms with Crippen molar-refractivity contribution in [1.82, 2.24) is 20.3 Å².